The van der Waals surface area contributed by atoms with E-state index in [1.54, 1.807) is 6.92 Å². The highest BCUT2D eigenvalue weighted by atomic mass is 16.5. The van der Waals surface area contributed by atoms with Crippen molar-refractivity contribution in [3.8, 4) is 0 Å². The van der Waals surface area contributed by atoms with Crippen LogP contribution in [0.15, 0.2) is 0 Å². The Morgan fingerprint density at radius 1 is 1.44 bits per heavy atom. The number of piperidine rings is 1. The summed E-state index contributed by atoms with van der Waals surface area (Å²) in [7, 11) is 0. The minimum Gasteiger partial charge on any atom is -0.466 e. The molecule has 4 heteroatoms. The van der Waals surface area contributed by atoms with Gasteiger partial charge < -0.3 is 9.64 Å². The van der Waals surface area contributed by atoms with Crippen molar-refractivity contribution in [2.24, 2.45) is 11.8 Å². The van der Waals surface area contributed by atoms with Gasteiger partial charge >= 0.3 is 5.97 Å². The van der Waals surface area contributed by atoms with E-state index in [1.807, 2.05) is 11.8 Å². The van der Waals surface area contributed by atoms with Crippen LogP contribution in [0.1, 0.15) is 33.6 Å². The van der Waals surface area contributed by atoms with Crippen molar-refractivity contribution in [3.05, 3.63) is 0 Å². The van der Waals surface area contributed by atoms with Gasteiger partial charge in [-0.3, -0.25) is 9.59 Å². The SMILES string of the molecule is CCOC(=O)CC1CCN(C(C)=O)CC1C. The first-order chi connectivity index (χ1) is 7.54. The lowest BCUT2D eigenvalue weighted by Gasteiger charge is -2.36. The van der Waals surface area contributed by atoms with E-state index in [9.17, 15) is 9.59 Å². The maximum Gasteiger partial charge on any atom is 0.306 e. The van der Waals surface area contributed by atoms with Crippen LogP contribution >= 0.6 is 0 Å². The summed E-state index contributed by atoms with van der Waals surface area (Å²) in [6.07, 6.45) is 1.39. The smallest absolute Gasteiger partial charge is 0.306 e. The fraction of sp³-hybridized carbons (Fsp3) is 0.833. The molecule has 2 unspecified atom stereocenters. The van der Waals surface area contributed by atoms with Crippen LogP contribution in [0.4, 0.5) is 0 Å². The Labute approximate surface area is 96.9 Å². The molecule has 0 radical (unpaired) electrons. The molecule has 0 aromatic heterocycles. The van der Waals surface area contributed by atoms with Crippen molar-refractivity contribution in [1.82, 2.24) is 4.90 Å². The maximum atomic E-state index is 11.4. The zero-order chi connectivity index (χ0) is 12.1. The second-order valence-corrected chi connectivity index (χ2v) is 4.50. The molecular weight excluding hydrogens is 206 g/mol. The first kappa shape index (κ1) is 13.0. The third-order valence-electron chi connectivity index (χ3n) is 3.26. The number of esters is 1. The number of nitrogens with zero attached hydrogens (tertiary/aromatic N) is 1. The zero-order valence-corrected chi connectivity index (χ0v) is 10.4. The van der Waals surface area contributed by atoms with E-state index in [4.69, 9.17) is 4.74 Å². The van der Waals surface area contributed by atoms with Gasteiger partial charge in [0, 0.05) is 26.4 Å². The van der Waals surface area contributed by atoms with Crippen molar-refractivity contribution in [3.63, 3.8) is 0 Å². The molecule has 0 spiro atoms. The van der Waals surface area contributed by atoms with Crippen LogP contribution < -0.4 is 0 Å². The Kier molecular flexibility index (Phi) is 4.77. The molecule has 1 saturated heterocycles. The first-order valence-corrected chi connectivity index (χ1v) is 5.95. The zero-order valence-electron chi connectivity index (χ0n) is 10.4. The standard InChI is InChI=1S/C12H21NO3/c1-4-16-12(15)7-11-5-6-13(10(3)14)8-9(11)2/h9,11H,4-8H2,1-3H3. The minimum atomic E-state index is -0.115. The molecule has 1 fully saturated rings. The molecule has 0 N–H and O–H groups in total. The van der Waals surface area contributed by atoms with Gasteiger partial charge in [-0.05, 0) is 25.2 Å². The Bertz CT molecular complexity index is 265. The van der Waals surface area contributed by atoms with Crippen LogP contribution in [0.2, 0.25) is 0 Å². The van der Waals surface area contributed by atoms with Crippen molar-refractivity contribution >= 4 is 11.9 Å². The highest BCUT2D eigenvalue weighted by molar-refractivity contribution is 5.73. The number of hydrogen-bond acceptors (Lipinski definition) is 3. The Balaban J connectivity index is 2.41. The molecule has 92 valence electrons. The Morgan fingerprint density at radius 2 is 2.12 bits per heavy atom. The van der Waals surface area contributed by atoms with E-state index in [0.29, 0.717) is 24.9 Å². The Morgan fingerprint density at radius 3 is 2.62 bits per heavy atom. The van der Waals surface area contributed by atoms with Crippen molar-refractivity contribution < 1.29 is 14.3 Å². The van der Waals surface area contributed by atoms with E-state index in [1.165, 1.54) is 0 Å². The number of carbonyl (C=O) groups is 2. The van der Waals surface area contributed by atoms with E-state index >= 15 is 0 Å². The molecule has 0 bridgehead atoms. The normalized spacial score (nSPS) is 25.3. The van der Waals surface area contributed by atoms with Gasteiger partial charge in [0.15, 0.2) is 0 Å². The molecule has 0 saturated carbocycles. The summed E-state index contributed by atoms with van der Waals surface area (Å²) >= 11 is 0. The molecule has 1 amide bonds. The third-order valence-corrected chi connectivity index (χ3v) is 3.26. The predicted octanol–water partition coefficient (Wildman–Crippen LogP) is 1.44. The van der Waals surface area contributed by atoms with Gasteiger partial charge in [0.1, 0.15) is 0 Å². The van der Waals surface area contributed by atoms with Gasteiger partial charge in [0.25, 0.3) is 0 Å². The highest BCUT2D eigenvalue weighted by Crippen LogP contribution is 2.26. The number of hydrogen-bond donors (Lipinski definition) is 0. The second kappa shape index (κ2) is 5.87. The summed E-state index contributed by atoms with van der Waals surface area (Å²) in [6.45, 7) is 7.49. The molecule has 2 atom stereocenters. The van der Waals surface area contributed by atoms with Gasteiger partial charge in [-0.1, -0.05) is 6.92 Å². The van der Waals surface area contributed by atoms with Crippen LogP contribution in [-0.2, 0) is 14.3 Å². The molecule has 4 nitrogen and oxygen atoms in total. The number of amides is 1. The highest BCUT2D eigenvalue weighted by Gasteiger charge is 2.29. The monoisotopic (exact) mass is 227 g/mol. The van der Waals surface area contributed by atoms with Gasteiger partial charge in [-0.25, -0.2) is 0 Å². The fourth-order valence-electron chi connectivity index (χ4n) is 2.22. The average Bonchev–Trinajstić information content (AvgIpc) is 2.21. The summed E-state index contributed by atoms with van der Waals surface area (Å²) in [5.41, 5.74) is 0. The summed E-state index contributed by atoms with van der Waals surface area (Å²) in [5.74, 6) is 0.744. The fourth-order valence-corrected chi connectivity index (χ4v) is 2.22. The topological polar surface area (TPSA) is 46.6 Å². The number of rotatable bonds is 3. The molecule has 0 aromatic carbocycles. The lowest BCUT2D eigenvalue weighted by molar-refractivity contribution is -0.145. The summed E-state index contributed by atoms with van der Waals surface area (Å²) in [5, 5.41) is 0. The lowest BCUT2D eigenvalue weighted by Crippen LogP contribution is -2.42. The average molecular weight is 227 g/mol. The quantitative estimate of drug-likeness (QED) is 0.685. The second-order valence-electron chi connectivity index (χ2n) is 4.50. The summed E-state index contributed by atoms with van der Waals surface area (Å²) < 4.78 is 4.95. The third kappa shape index (κ3) is 3.51. The maximum absolute atomic E-state index is 11.4. The minimum absolute atomic E-state index is 0.115. The van der Waals surface area contributed by atoms with Gasteiger partial charge in [0.2, 0.25) is 5.91 Å². The predicted molar refractivity (Wildman–Crippen MR) is 60.8 cm³/mol. The van der Waals surface area contributed by atoms with Gasteiger partial charge in [-0.15, -0.1) is 0 Å². The molecule has 1 rings (SSSR count). The molecule has 0 aliphatic carbocycles. The lowest BCUT2D eigenvalue weighted by atomic mass is 9.84. The number of likely N-dealkylation sites (tertiary alicyclic amines) is 1. The van der Waals surface area contributed by atoms with E-state index in [2.05, 4.69) is 6.92 Å². The molecule has 1 aliphatic heterocycles. The Hall–Kier alpha value is -1.06. The van der Waals surface area contributed by atoms with E-state index in [-0.39, 0.29) is 11.9 Å². The summed E-state index contributed by atoms with van der Waals surface area (Å²) in [4.78, 5) is 24.4. The van der Waals surface area contributed by atoms with Crippen LogP contribution in [0, 0.1) is 11.8 Å². The van der Waals surface area contributed by atoms with Gasteiger partial charge in [-0.2, -0.15) is 0 Å². The van der Waals surface area contributed by atoms with Crippen LogP contribution in [0.25, 0.3) is 0 Å². The van der Waals surface area contributed by atoms with E-state index in [0.717, 1.165) is 19.5 Å². The molecule has 0 aromatic rings. The van der Waals surface area contributed by atoms with Crippen LogP contribution in [0.3, 0.4) is 0 Å². The number of ether oxygens (including phenoxy) is 1. The van der Waals surface area contributed by atoms with Crippen molar-refractivity contribution in [1.29, 1.82) is 0 Å². The number of carbonyl (C=O) groups excluding carboxylic acids is 2. The van der Waals surface area contributed by atoms with E-state index < -0.39 is 0 Å². The van der Waals surface area contributed by atoms with Crippen molar-refractivity contribution in [2.45, 2.75) is 33.6 Å². The van der Waals surface area contributed by atoms with Crippen molar-refractivity contribution in [2.75, 3.05) is 19.7 Å². The molecule has 1 aliphatic rings. The summed E-state index contributed by atoms with van der Waals surface area (Å²) in [6, 6.07) is 0. The molecule has 1 heterocycles. The largest absolute Gasteiger partial charge is 0.466 e. The van der Waals surface area contributed by atoms with Crippen LogP contribution in [0.5, 0.6) is 0 Å². The van der Waals surface area contributed by atoms with Gasteiger partial charge in [0.05, 0.1) is 6.61 Å². The molecular formula is C12H21NO3. The molecule has 16 heavy (non-hydrogen) atoms. The first-order valence-electron chi connectivity index (χ1n) is 5.95. The van der Waals surface area contributed by atoms with Crippen LogP contribution in [-0.4, -0.2) is 36.5 Å².